The highest BCUT2D eigenvalue weighted by atomic mass is 16.2. The summed E-state index contributed by atoms with van der Waals surface area (Å²) >= 11 is 0. The van der Waals surface area contributed by atoms with Crippen LogP contribution in [-0.2, 0) is 6.54 Å². The molecule has 0 radical (unpaired) electrons. The van der Waals surface area contributed by atoms with Gasteiger partial charge in [0.25, 0.3) is 5.91 Å². The van der Waals surface area contributed by atoms with E-state index in [2.05, 4.69) is 61.6 Å². The highest BCUT2D eigenvalue weighted by molar-refractivity contribution is 6.01. The van der Waals surface area contributed by atoms with Crippen molar-refractivity contribution in [2.45, 2.75) is 32.9 Å². The first kappa shape index (κ1) is 22.6. The van der Waals surface area contributed by atoms with Crippen molar-refractivity contribution in [3.63, 3.8) is 0 Å². The van der Waals surface area contributed by atoms with Crippen LogP contribution in [0.3, 0.4) is 0 Å². The van der Waals surface area contributed by atoms with E-state index in [0.717, 1.165) is 39.7 Å². The zero-order valence-corrected chi connectivity index (χ0v) is 20.1. The third kappa shape index (κ3) is 4.47. The predicted molar refractivity (Wildman–Crippen MR) is 145 cm³/mol. The van der Waals surface area contributed by atoms with Crippen molar-refractivity contribution < 1.29 is 6.22 Å². The summed E-state index contributed by atoms with van der Waals surface area (Å²) in [4.78, 5) is 19.0. The van der Waals surface area contributed by atoms with Crippen LogP contribution in [0, 0.1) is 0 Å². The van der Waals surface area contributed by atoms with Gasteiger partial charge >= 0.3 is 0 Å². The number of fused-ring (bicyclic) bond motifs is 1. The number of carbonyl (C=O) groups is 1. The Morgan fingerprint density at radius 1 is 0.829 bits per heavy atom. The number of aromatic nitrogens is 2. The van der Waals surface area contributed by atoms with Crippen LogP contribution < -0.4 is 5.32 Å². The fourth-order valence-electron chi connectivity index (χ4n) is 4.67. The van der Waals surface area contributed by atoms with Gasteiger partial charge in [0.15, 0.2) is 0 Å². The Morgan fingerprint density at radius 3 is 2.17 bits per heavy atom. The van der Waals surface area contributed by atoms with Gasteiger partial charge in [0.05, 0.1) is 6.04 Å². The van der Waals surface area contributed by atoms with E-state index in [1.165, 1.54) is 0 Å². The molecule has 0 saturated carbocycles. The number of hydrogen-bond donors (Lipinski definition) is 1. The van der Waals surface area contributed by atoms with E-state index in [9.17, 15) is 4.79 Å². The largest absolute Gasteiger partial charge is 0.344 e. The number of rotatable bonds is 7. The molecule has 4 aromatic carbocycles. The molecule has 0 aliphatic carbocycles. The Morgan fingerprint density at radius 2 is 1.49 bits per heavy atom. The fraction of sp³-hybridized carbons (Fsp3) is 0.161. The smallest absolute Gasteiger partial charge is 0.270 e. The molecule has 4 nitrogen and oxygen atoms in total. The predicted octanol–water partition coefficient (Wildman–Crippen LogP) is 7.52. The summed E-state index contributed by atoms with van der Waals surface area (Å²) in [7, 11) is 0. The van der Waals surface area contributed by atoms with Gasteiger partial charge in [0, 0.05) is 19.1 Å². The van der Waals surface area contributed by atoms with Crippen molar-refractivity contribution in [1.29, 1.82) is 0 Å². The van der Waals surface area contributed by atoms with E-state index in [1.54, 1.807) is 0 Å². The van der Waals surface area contributed by atoms with Gasteiger partial charge in [-0.05, 0) is 35.7 Å². The van der Waals surface area contributed by atoms with E-state index in [0.29, 0.717) is 17.9 Å². The highest BCUT2D eigenvalue weighted by Crippen LogP contribution is 2.32. The monoisotopic (exact) mass is 461 g/mol. The maximum absolute atomic E-state index is 13.9. The van der Waals surface area contributed by atoms with Gasteiger partial charge in [0.2, 0.25) is 0 Å². The molecule has 4 heteroatoms. The van der Waals surface area contributed by atoms with Gasteiger partial charge in [-0.3, -0.25) is 4.79 Å². The molecule has 0 spiro atoms. The summed E-state index contributed by atoms with van der Waals surface area (Å²) in [5, 5.41) is 5.57. The maximum atomic E-state index is 13.9. The maximum Gasteiger partial charge on any atom is 0.270 e. The number of nitrogens with zero attached hydrogens (tertiary/aromatic N) is 2. The quantitative estimate of drug-likeness (QED) is 0.272. The molecule has 1 aromatic heterocycles. The molecular weight excluding hydrogens is 430 g/mol. The van der Waals surface area contributed by atoms with Crippen molar-refractivity contribution >= 4 is 16.7 Å². The number of carbonyl (C=O) groups excluding carboxylic acids is 1. The molecule has 5 rings (SSSR count). The number of amides is 1. The van der Waals surface area contributed by atoms with Gasteiger partial charge in [-0.15, -0.1) is 0 Å². The minimum absolute atomic E-state index is 0. The van der Waals surface area contributed by atoms with Crippen LogP contribution in [0.1, 0.15) is 43.8 Å². The van der Waals surface area contributed by atoms with Crippen LogP contribution in [-0.4, -0.2) is 15.5 Å². The van der Waals surface area contributed by atoms with Crippen LogP contribution >= 0.6 is 0 Å². The Hall–Kier alpha value is -4.18. The summed E-state index contributed by atoms with van der Waals surface area (Å²) < 4.78 is 2.03. The summed E-state index contributed by atoms with van der Waals surface area (Å²) in [6.07, 6.45) is 0.798. The molecule has 0 fully saturated rings. The van der Waals surface area contributed by atoms with Crippen molar-refractivity contribution in [3.8, 4) is 22.6 Å². The summed E-state index contributed by atoms with van der Waals surface area (Å²) in [5.41, 5.74) is 4.32. The first-order chi connectivity index (χ1) is 17.2. The molecular formula is C31H31N3O. The molecule has 0 bridgehead atoms. The molecule has 1 heterocycles. The van der Waals surface area contributed by atoms with Crippen LogP contribution in [0.15, 0.2) is 103 Å². The van der Waals surface area contributed by atoms with Gasteiger partial charge in [0.1, 0.15) is 17.2 Å². The van der Waals surface area contributed by atoms with Gasteiger partial charge in [-0.25, -0.2) is 4.98 Å². The lowest BCUT2D eigenvalue weighted by atomic mass is 10.0. The molecule has 0 saturated heterocycles. The number of nitrogens with one attached hydrogen (secondary N) is 1. The van der Waals surface area contributed by atoms with E-state index in [-0.39, 0.29) is 13.4 Å². The molecule has 35 heavy (non-hydrogen) atoms. The third-order valence-electron chi connectivity index (χ3n) is 6.47. The lowest BCUT2D eigenvalue weighted by Crippen LogP contribution is -2.30. The number of imidazole rings is 1. The lowest BCUT2D eigenvalue weighted by Gasteiger charge is -2.19. The highest BCUT2D eigenvalue weighted by Gasteiger charge is 2.26. The normalized spacial score (nSPS) is 11.9. The Kier molecular flexibility index (Phi) is 6.44. The fourth-order valence-corrected chi connectivity index (χ4v) is 4.67. The second-order valence-corrected chi connectivity index (χ2v) is 8.65. The molecule has 1 atom stereocenters. The van der Waals surface area contributed by atoms with E-state index in [4.69, 9.17) is 4.98 Å². The Bertz CT molecular complexity index is 1460. The molecule has 0 aliphatic heterocycles. The number of hydrogen-bond acceptors (Lipinski definition) is 2. The molecule has 176 valence electrons. The first-order valence-corrected chi connectivity index (χ1v) is 12.2. The minimum Gasteiger partial charge on any atom is -0.344 e. The second kappa shape index (κ2) is 9.98. The Labute approximate surface area is 207 Å². The minimum atomic E-state index is -0.111. The molecule has 1 amide bonds. The zero-order chi connectivity index (χ0) is 24.2. The van der Waals surface area contributed by atoms with Crippen LogP contribution in [0.5, 0.6) is 0 Å². The van der Waals surface area contributed by atoms with E-state index >= 15 is 0 Å². The van der Waals surface area contributed by atoms with Gasteiger partial charge in [-0.2, -0.15) is 0 Å². The molecule has 0 unspecified atom stereocenters. The Balaban J connectivity index is 0.00000304. The SMILES string of the molecule is CC[C@H](NC(=O)c1c(-c2ccc3ccccc3c2)nc(-c2ccccc2)n1CC)c1ccccc1.[HH]. The van der Waals surface area contributed by atoms with Crippen LogP contribution in [0.25, 0.3) is 33.4 Å². The zero-order valence-electron chi connectivity index (χ0n) is 20.1. The third-order valence-corrected chi connectivity index (χ3v) is 6.47. The summed E-state index contributed by atoms with van der Waals surface area (Å²) in [5.74, 6) is 0.689. The second-order valence-electron chi connectivity index (χ2n) is 8.65. The van der Waals surface area contributed by atoms with Crippen molar-refractivity contribution in [2.75, 3.05) is 0 Å². The summed E-state index contributed by atoms with van der Waals surface area (Å²) in [6.45, 7) is 4.79. The van der Waals surface area contributed by atoms with Crippen molar-refractivity contribution in [1.82, 2.24) is 14.9 Å². The lowest BCUT2D eigenvalue weighted by molar-refractivity contribution is 0.0927. The van der Waals surface area contributed by atoms with E-state index in [1.807, 2.05) is 65.2 Å². The first-order valence-electron chi connectivity index (χ1n) is 12.2. The van der Waals surface area contributed by atoms with Gasteiger partial charge in [-0.1, -0.05) is 104 Å². The molecule has 1 N–H and O–H groups in total. The van der Waals surface area contributed by atoms with Gasteiger partial charge < -0.3 is 9.88 Å². The van der Waals surface area contributed by atoms with E-state index < -0.39 is 0 Å². The standard InChI is InChI=1S/C31H29N3O.H2/c1-3-27(23-14-7-5-8-15-23)32-31(35)29-28(26-20-19-22-13-11-12-18-25(22)21-26)33-30(34(29)4-2)24-16-9-6-10-17-24;/h5-21,27H,3-4H2,1-2H3,(H,32,35);1H/t27-;/m0./s1. The number of benzene rings is 4. The average Bonchev–Trinajstić information content (AvgIpc) is 3.32. The average molecular weight is 462 g/mol. The summed E-state index contributed by atoms with van der Waals surface area (Å²) in [6, 6.07) is 34.7. The molecule has 0 aliphatic rings. The van der Waals surface area contributed by atoms with Crippen molar-refractivity contribution in [2.24, 2.45) is 0 Å². The topological polar surface area (TPSA) is 46.9 Å². The molecule has 5 aromatic rings. The van der Waals surface area contributed by atoms with Crippen LogP contribution in [0.4, 0.5) is 0 Å². The van der Waals surface area contributed by atoms with Crippen LogP contribution in [0.2, 0.25) is 0 Å². The van der Waals surface area contributed by atoms with Crippen molar-refractivity contribution in [3.05, 3.63) is 114 Å².